The summed E-state index contributed by atoms with van der Waals surface area (Å²) in [5.41, 5.74) is 0. The van der Waals surface area contributed by atoms with E-state index in [1.54, 1.807) is 0 Å². The molecule has 0 spiro atoms. The predicted molar refractivity (Wildman–Crippen MR) is 3.88 cm³/mol. The predicted octanol–water partition coefficient (Wildman–Crippen LogP) is -0.0876. The Bertz CT molecular complexity index is 6.00. The second-order valence-electron chi connectivity index (χ2n) is 0. The minimum atomic E-state index is 0. The molecule has 0 aliphatic rings. The Hall–Kier alpha value is 0.720. The molecule has 0 heterocycles. The fraction of sp³-hybridized carbons (Fsp3) is 0. The van der Waals surface area contributed by atoms with Crippen LogP contribution in [0.15, 0.2) is 0 Å². The summed E-state index contributed by atoms with van der Waals surface area (Å²) in [5.74, 6) is 0. The molecule has 0 aromatic rings. The molecular formula is HFHfO2. The summed E-state index contributed by atoms with van der Waals surface area (Å²) in [4.78, 5) is 0. The number of rotatable bonds is 0. The average Bonchev–Trinajstić information content (AvgIpc) is 0. The Balaban J connectivity index is 0. The molecule has 0 aliphatic heterocycles. The van der Waals surface area contributed by atoms with E-state index in [0.717, 1.165) is 0 Å². The van der Waals surface area contributed by atoms with Gasteiger partial charge in [0.15, 0.2) is 0 Å². The maximum atomic E-state index is 0. The van der Waals surface area contributed by atoms with Crippen LogP contribution in [0, 0.1) is 0 Å². The van der Waals surface area contributed by atoms with Gasteiger partial charge in [-0.25, -0.2) is 0 Å². The third-order valence-electron chi connectivity index (χ3n) is 0. The van der Waals surface area contributed by atoms with Gasteiger partial charge >= 0.3 is 25.8 Å². The topological polar surface area (TPSA) is 57.0 Å². The van der Waals surface area contributed by atoms with E-state index < -0.39 is 0 Å². The van der Waals surface area contributed by atoms with Crippen molar-refractivity contribution in [3.05, 3.63) is 0 Å². The summed E-state index contributed by atoms with van der Waals surface area (Å²) < 4.78 is 0. The molecule has 0 atom stereocenters. The first kappa shape index (κ1) is 126. The number of hydrogen-bond acceptors (Lipinski definition) is 0. The number of hydrogen-bond donors (Lipinski definition) is 0. The maximum absolute atomic E-state index is 0. The van der Waals surface area contributed by atoms with Crippen molar-refractivity contribution in [1.29, 1.82) is 0 Å². The third-order valence-corrected chi connectivity index (χ3v) is 0. The Kier molecular flexibility index (Phi) is 1670. The van der Waals surface area contributed by atoms with Crippen LogP contribution in [0.5, 0.6) is 0 Å². The second kappa shape index (κ2) is 53.1. The Morgan fingerprint density at radius 1 is 0.750 bits per heavy atom. The second-order valence-corrected chi connectivity index (χ2v) is 0. The molecule has 0 aromatic carbocycles. The monoisotopic (exact) mass is 232 g/mol. The van der Waals surface area contributed by atoms with Gasteiger partial charge in [0.2, 0.25) is 0 Å². The van der Waals surface area contributed by atoms with Gasteiger partial charge in [-0.15, -0.1) is 0 Å². The van der Waals surface area contributed by atoms with Gasteiger partial charge in [-0.2, -0.15) is 0 Å². The Morgan fingerprint density at radius 2 is 0.750 bits per heavy atom. The van der Waals surface area contributed by atoms with E-state index in [1.165, 1.54) is 0 Å². The van der Waals surface area contributed by atoms with Gasteiger partial charge in [0.05, 0.1) is 0 Å². The average molecular weight is 230 g/mol. The molecule has 0 saturated heterocycles. The molecule has 2 nitrogen and oxygen atoms in total. The molecule has 0 aliphatic carbocycles. The largest absolute Gasteiger partial charge is 4.00 e. The van der Waals surface area contributed by atoms with Crippen LogP contribution in [0.4, 0.5) is 4.70 Å². The quantitative estimate of drug-likeness (QED) is 0.523. The van der Waals surface area contributed by atoms with Crippen molar-refractivity contribution in [3.63, 3.8) is 0 Å². The van der Waals surface area contributed by atoms with Crippen LogP contribution >= 0.6 is 0 Å². The molecule has 24 valence electrons. The molecule has 4 heteroatoms. The van der Waals surface area contributed by atoms with E-state index in [-0.39, 0.29) is 41.5 Å². The zero-order chi connectivity index (χ0) is 0. The standard InChI is InChI=1S/FH.Hf.2O/h1H;;;/q;+4;2*-2. The summed E-state index contributed by atoms with van der Waals surface area (Å²) in [6.45, 7) is 0. The molecule has 0 saturated carbocycles. The van der Waals surface area contributed by atoms with Crippen molar-refractivity contribution in [3.8, 4) is 0 Å². The minimum absolute atomic E-state index is 0. The van der Waals surface area contributed by atoms with Gasteiger partial charge < -0.3 is 11.0 Å². The summed E-state index contributed by atoms with van der Waals surface area (Å²) in [5, 5.41) is 0. The van der Waals surface area contributed by atoms with Crippen molar-refractivity contribution in [2.75, 3.05) is 0 Å². The van der Waals surface area contributed by atoms with Gasteiger partial charge in [0.25, 0.3) is 0 Å². The minimum Gasteiger partial charge on any atom is -2.00 e. The third kappa shape index (κ3) is 15.5. The van der Waals surface area contributed by atoms with Crippen molar-refractivity contribution in [2.45, 2.75) is 0 Å². The Labute approximate surface area is 42.0 Å². The zero-order valence-corrected chi connectivity index (χ0v) is 5.32. The van der Waals surface area contributed by atoms with E-state index in [1.807, 2.05) is 0 Å². The van der Waals surface area contributed by atoms with Crippen LogP contribution in [0.25, 0.3) is 0 Å². The van der Waals surface area contributed by atoms with E-state index in [0.29, 0.717) is 0 Å². The summed E-state index contributed by atoms with van der Waals surface area (Å²) in [7, 11) is 0. The van der Waals surface area contributed by atoms with Crippen LogP contribution in [-0.4, -0.2) is 0 Å². The molecule has 0 radical (unpaired) electrons. The molecule has 0 fully saturated rings. The van der Waals surface area contributed by atoms with Crippen molar-refractivity contribution < 1.29 is 41.5 Å². The molecule has 0 rings (SSSR count). The van der Waals surface area contributed by atoms with Crippen LogP contribution in [-0.2, 0) is 36.8 Å². The van der Waals surface area contributed by atoms with Gasteiger partial charge in [-0.3, -0.25) is 4.70 Å². The van der Waals surface area contributed by atoms with Gasteiger partial charge in [-0.05, 0) is 0 Å². The van der Waals surface area contributed by atoms with E-state index >= 15 is 0 Å². The molecule has 0 bridgehead atoms. The van der Waals surface area contributed by atoms with Crippen molar-refractivity contribution in [1.82, 2.24) is 0 Å². The fourth-order valence-electron chi connectivity index (χ4n) is 0. The van der Waals surface area contributed by atoms with Gasteiger partial charge in [0.1, 0.15) is 0 Å². The van der Waals surface area contributed by atoms with Gasteiger partial charge in [0, 0.05) is 0 Å². The Morgan fingerprint density at radius 3 is 0.750 bits per heavy atom. The first-order chi connectivity index (χ1) is 0. The molecule has 0 N–H and O–H groups in total. The number of halogens is 1. The van der Waals surface area contributed by atoms with E-state index in [9.17, 15) is 0 Å². The van der Waals surface area contributed by atoms with Crippen molar-refractivity contribution >= 4 is 0 Å². The van der Waals surface area contributed by atoms with Crippen LogP contribution in [0.1, 0.15) is 0 Å². The molecular weight excluding hydrogens is 229 g/mol. The van der Waals surface area contributed by atoms with Gasteiger partial charge in [-0.1, -0.05) is 0 Å². The molecule has 4 heavy (non-hydrogen) atoms. The zero-order valence-electron chi connectivity index (χ0n) is 1.72. The fourth-order valence-corrected chi connectivity index (χ4v) is 0. The van der Waals surface area contributed by atoms with E-state index in [2.05, 4.69) is 0 Å². The first-order valence-electron chi connectivity index (χ1n) is 0. The van der Waals surface area contributed by atoms with Crippen LogP contribution < -0.4 is 0 Å². The summed E-state index contributed by atoms with van der Waals surface area (Å²) in [6, 6.07) is 0. The molecule has 0 unspecified atom stereocenters. The maximum Gasteiger partial charge on any atom is 4.00 e. The van der Waals surface area contributed by atoms with Crippen LogP contribution in [0.3, 0.4) is 0 Å². The normalized spacial score (nSPS) is 0. The SMILES string of the molecule is F.[Hf+4].[O-2].[O-2]. The smallest absolute Gasteiger partial charge is 2.00 e. The van der Waals surface area contributed by atoms with Crippen LogP contribution in [0.2, 0.25) is 0 Å². The summed E-state index contributed by atoms with van der Waals surface area (Å²) >= 11 is 0. The molecule has 0 amide bonds. The summed E-state index contributed by atoms with van der Waals surface area (Å²) in [6.07, 6.45) is 0. The van der Waals surface area contributed by atoms with E-state index in [4.69, 9.17) is 0 Å². The molecule has 0 aromatic heterocycles. The van der Waals surface area contributed by atoms with Crippen molar-refractivity contribution in [2.24, 2.45) is 0 Å². The first-order valence-corrected chi connectivity index (χ1v) is 0.